The molecule has 2 heterocycles. The van der Waals surface area contributed by atoms with Crippen LogP contribution in [-0.4, -0.2) is 68.6 Å². The fourth-order valence-corrected chi connectivity index (χ4v) is 3.14. The minimum Gasteiger partial charge on any atom is -0.468 e. The molecule has 1 unspecified atom stereocenters. The third-order valence-corrected chi connectivity index (χ3v) is 4.80. The molecule has 2 rings (SSSR count). The normalized spacial score (nSPS) is 17.7. The second-order valence-electron chi connectivity index (χ2n) is 6.67. The number of guanidine groups is 1. The Hall–Kier alpha value is -1.53. The second kappa shape index (κ2) is 11.2. The van der Waals surface area contributed by atoms with Crippen LogP contribution in [-0.2, 0) is 0 Å². The highest BCUT2D eigenvalue weighted by Crippen LogP contribution is 2.25. The number of rotatable bonds is 9. The van der Waals surface area contributed by atoms with E-state index in [-0.39, 0.29) is 6.04 Å². The maximum absolute atomic E-state index is 5.71. The number of hydrogen-bond donors (Lipinski definition) is 2. The van der Waals surface area contributed by atoms with Gasteiger partial charge in [0.05, 0.1) is 18.8 Å². The first-order chi connectivity index (χ1) is 12.2. The lowest BCUT2D eigenvalue weighted by atomic mass is 10.1. The molecule has 0 radical (unpaired) electrons. The van der Waals surface area contributed by atoms with Crippen LogP contribution in [0.3, 0.4) is 0 Å². The van der Waals surface area contributed by atoms with Crippen molar-refractivity contribution in [2.75, 3.05) is 52.9 Å². The van der Waals surface area contributed by atoms with Crippen molar-refractivity contribution in [3.8, 4) is 0 Å². The number of nitrogens with one attached hydrogen (secondary N) is 2. The van der Waals surface area contributed by atoms with E-state index < -0.39 is 0 Å². The van der Waals surface area contributed by atoms with Gasteiger partial charge in [-0.05, 0) is 58.6 Å². The lowest BCUT2D eigenvalue weighted by Gasteiger charge is -2.32. The van der Waals surface area contributed by atoms with Crippen molar-refractivity contribution in [3.05, 3.63) is 24.2 Å². The lowest BCUT2D eigenvalue weighted by Crippen LogP contribution is -2.42. The van der Waals surface area contributed by atoms with Crippen LogP contribution in [0.2, 0.25) is 0 Å². The van der Waals surface area contributed by atoms with Crippen molar-refractivity contribution in [2.24, 2.45) is 4.99 Å². The molecule has 1 saturated heterocycles. The molecule has 1 atom stereocenters. The monoisotopic (exact) mass is 349 g/mol. The van der Waals surface area contributed by atoms with Crippen molar-refractivity contribution in [3.63, 3.8) is 0 Å². The zero-order valence-electron chi connectivity index (χ0n) is 16.1. The zero-order chi connectivity index (χ0) is 17.9. The number of aliphatic imine (C=N–C) groups is 1. The third-order valence-electron chi connectivity index (χ3n) is 4.80. The van der Waals surface area contributed by atoms with E-state index in [1.807, 2.05) is 6.07 Å². The Labute approximate surface area is 152 Å². The first-order valence-corrected chi connectivity index (χ1v) is 9.72. The predicted molar refractivity (Wildman–Crippen MR) is 104 cm³/mol. The van der Waals surface area contributed by atoms with E-state index in [1.54, 1.807) is 6.26 Å². The smallest absolute Gasteiger partial charge is 0.191 e. The maximum atomic E-state index is 5.71. The first-order valence-electron chi connectivity index (χ1n) is 9.72. The van der Waals surface area contributed by atoms with Crippen molar-refractivity contribution in [2.45, 2.75) is 39.2 Å². The maximum Gasteiger partial charge on any atom is 0.191 e. The average Bonchev–Trinajstić information content (AvgIpc) is 3.17. The van der Waals surface area contributed by atoms with E-state index in [0.29, 0.717) is 6.54 Å². The van der Waals surface area contributed by atoms with Crippen LogP contribution >= 0.6 is 0 Å². The number of furan rings is 1. The third kappa shape index (κ3) is 6.71. The summed E-state index contributed by atoms with van der Waals surface area (Å²) in [5, 5.41) is 6.79. The molecule has 0 saturated carbocycles. The summed E-state index contributed by atoms with van der Waals surface area (Å²) in [6, 6.07) is 4.27. The second-order valence-corrected chi connectivity index (χ2v) is 6.67. The minimum absolute atomic E-state index is 0.226. The van der Waals surface area contributed by atoms with E-state index in [0.717, 1.165) is 51.0 Å². The highest BCUT2D eigenvalue weighted by atomic mass is 16.3. The molecule has 1 aromatic rings. The molecule has 142 valence electrons. The Bertz CT molecular complexity index is 482. The van der Waals surface area contributed by atoms with Gasteiger partial charge in [-0.1, -0.05) is 13.3 Å². The molecule has 0 amide bonds. The topological polar surface area (TPSA) is 56.0 Å². The molecule has 6 heteroatoms. The Morgan fingerprint density at radius 3 is 2.72 bits per heavy atom. The highest BCUT2D eigenvalue weighted by Gasteiger charge is 2.24. The van der Waals surface area contributed by atoms with Gasteiger partial charge < -0.3 is 20.0 Å². The molecule has 6 nitrogen and oxygen atoms in total. The summed E-state index contributed by atoms with van der Waals surface area (Å²) in [6.07, 6.45) is 5.63. The predicted octanol–water partition coefficient (Wildman–Crippen LogP) is 2.31. The molecule has 0 aromatic carbocycles. The summed E-state index contributed by atoms with van der Waals surface area (Å²) >= 11 is 0. The van der Waals surface area contributed by atoms with E-state index >= 15 is 0 Å². The fourth-order valence-electron chi connectivity index (χ4n) is 3.14. The van der Waals surface area contributed by atoms with Gasteiger partial charge in [0.15, 0.2) is 5.96 Å². The van der Waals surface area contributed by atoms with Gasteiger partial charge in [-0.25, -0.2) is 0 Å². The van der Waals surface area contributed by atoms with Gasteiger partial charge >= 0.3 is 0 Å². The number of likely N-dealkylation sites (tertiary alicyclic amines) is 1. The Kier molecular flexibility index (Phi) is 8.83. The van der Waals surface area contributed by atoms with Crippen LogP contribution in [0.5, 0.6) is 0 Å². The van der Waals surface area contributed by atoms with Crippen LogP contribution in [0.1, 0.15) is 44.9 Å². The van der Waals surface area contributed by atoms with E-state index in [1.165, 1.54) is 19.3 Å². The fraction of sp³-hybridized carbons (Fsp3) is 0.737. The van der Waals surface area contributed by atoms with Gasteiger partial charge in [0.2, 0.25) is 0 Å². The van der Waals surface area contributed by atoms with Gasteiger partial charge in [0.25, 0.3) is 0 Å². The molecule has 2 N–H and O–H groups in total. The standard InChI is InChI=1S/C19H35N5O/c1-4-20-19(21-11-14-23(3)5-2)22-16-17(18-10-9-15-25-18)24-12-7-6-8-13-24/h9-10,15,17H,4-8,11-14,16H2,1-3H3,(H2,20,21,22). The van der Waals surface area contributed by atoms with Gasteiger partial charge in [-0.2, -0.15) is 0 Å². The summed E-state index contributed by atoms with van der Waals surface area (Å²) in [4.78, 5) is 9.64. The Morgan fingerprint density at radius 1 is 1.28 bits per heavy atom. The number of piperidine rings is 1. The molecular formula is C19H35N5O. The molecule has 0 spiro atoms. The van der Waals surface area contributed by atoms with Crippen LogP contribution in [0.25, 0.3) is 0 Å². The van der Waals surface area contributed by atoms with Gasteiger partial charge in [-0.15, -0.1) is 0 Å². The van der Waals surface area contributed by atoms with Crippen molar-refractivity contribution < 1.29 is 4.42 Å². The molecule has 1 aliphatic heterocycles. The molecule has 1 aliphatic rings. The summed E-state index contributed by atoms with van der Waals surface area (Å²) < 4.78 is 5.71. The van der Waals surface area contributed by atoms with Crippen molar-refractivity contribution >= 4 is 5.96 Å². The number of likely N-dealkylation sites (N-methyl/N-ethyl adjacent to an activating group) is 1. The lowest BCUT2D eigenvalue weighted by molar-refractivity contribution is 0.150. The minimum atomic E-state index is 0.226. The molecule has 0 aliphatic carbocycles. The zero-order valence-corrected chi connectivity index (χ0v) is 16.1. The summed E-state index contributed by atoms with van der Waals surface area (Å²) in [6.45, 7) is 11.1. The van der Waals surface area contributed by atoms with Crippen molar-refractivity contribution in [1.82, 2.24) is 20.4 Å². The van der Waals surface area contributed by atoms with E-state index in [2.05, 4.69) is 47.4 Å². The Balaban J connectivity index is 1.97. The average molecular weight is 350 g/mol. The molecule has 1 aromatic heterocycles. The highest BCUT2D eigenvalue weighted by molar-refractivity contribution is 5.79. The molecular weight excluding hydrogens is 314 g/mol. The number of hydrogen-bond acceptors (Lipinski definition) is 4. The van der Waals surface area contributed by atoms with Crippen LogP contribution in [0.15, 0.2) is 27.8 Å². The number of nitrogens with zero attached hydrogens (tertiary/aromatic N) is 3. The van der Waals surface area contributed by atoms with E-state index in [9.17, 15) is 0 Å². The van der Waals surface area contributed by atoms with Crippen LogP contribution < -0.4 is 10.6 Å². The SMILES string of the molecule is CCNC(=NCC(c1ccco1)N1CCCCC1)NCCN(C)CC. The van der Waals surface area contributed by atoms with Gasteiger partial charge in [-0.3, -0.25) is 9.89 Å². The molecule has 0 bridgehead atoms. The summed E-state index contributed by atoms with van der Waals surface area (Å²) in [7, 11) is 2.13. The first kappa shape index (κ1) is 19.8. The molecule has 1 fully saturated rings. The van der Waals surface area contributed by atoms with E-state index in [4.69, 9.17) is 9.41 Å². The summed E-state index contributed by atoms with van der Waals surface area (Å²) in [5.41, 5.74) is 0. The Morgan fingerprint density at radius 2 is 2.08 bits per heavy atom. The van der Waals surface area contributed by atoms with Gasteiger partial charge in [0.1, 0.15) is 5.76 Å². The van der Waals surface area contributed by atoms with Crippen LogP contribution in [0.4, 0.5) is 0 Å². The summed E-state index contributed by atoms with van der Waals surface area (Å²) in [5.74, 6) is 1.91. The van der Waals surface area contributed by atoms with Gasteiger partial charge in [0, 0.05) is 19.6 Å². The largest absolute Gasteiger partial charge is 0.468 e. The molecule has 25 heavy (non-hydrogen) atoms. The quantitative estimate of drug-likeness (QED) is 0.529. The van der Waals surface area contributed by atoms with Crippen LogP contribution in [0, 0.1) is 0 Å². The van der Waals surface area contributed by atoms with Crippen molar-refractivity contribution in [1.29, 1.82) is 0 Å².